The van der Waals surface area contributed by atoms with Crippen LogP contribution in [-0.4, -0.2) is 10.9 Å². The maximum absolute atomic E-state index is 8.81. The van der Waals surface area contributed by atoms with Crippen molar-refractivity contribution in [2.24, 2.45) is 0 Å². The summed E-state index contributed by atoms with van der Waals surface area (Å²) >= 11 is 0. The van der Waals surface area contributed by atoms with E-state index < -0.39 is 0 Å². The van der Waals surface area contributed by atoms with Gasteiger partial charge in [0.05, 0.1) is 12.4 Å². The third-order valence-electron chi connectivity index (χ3n) is 1.44. The molecule has 64 valence electrons. The monoisotopic (exact) mass is 164 g/mol. The number of benzene rings is 1. The highest BCUT2D eigenvalue weighted by molar-refractivity contribution is 5.90. The zero-order valence-corrected chi connectivity index (χ0v) is 6.96. The maximum Gasteiger partial charge on any atom is 0.0944 e. The standard InChI is InChI=1S/C9H12N2O/c1-7(10)11-9-4-2-3-8(5-9)6-12/h2-5,12H,6H2,1H3,(H2,10,11). The third-order valence-corrected chi connectivity index (χ3v) is 1.44. The molecule has 0 saturated carbocycles. The number of hydrogen-bond acceptors (Lipinski definition) is 2. The van der Waals surface area contributed by atoms with Crippen LogP contribution in [0.2, 0.25) is 0 Å². The van der Waals surface area contributed by atoms with Gasteiger partial charge in [-0.25, -0.2) is 0 Å². The molecule has 0 aliphatic rings. The molecule has 0 bridgehead atoms. The van der Waals surface area contributed by atoms with Gasteiger partial charge in [0.2, 0.25) is 0 Å². The Hall–Kier alpha value is -1.35. The first-order valence-electron chi connectivity index (χ1n) is 3.74. The SMILES string of the molecule is CC(=N)Nc1cccc(CO)c1. The fourth-order valence-corrected chi connectivity index (χ4v) is 0.964. The minimum absolute atomic E-state index is 0.0343. The lowest BCUT2D eigenvalue weighted by atomic mass is 10.2. The lowest BCUT2D eigenvalue weighted by Gasteiger charge is -2.04. The first-order chi connectivity index (χ1) is 5.72. The smallest absolute Gasteiger partial charge is 0.0944 e. The predicted molar refractivity (Wildman–Crippen MR) is 49.4 cm³/mol. The molecule has 0 aromatic heterocycles. The molecule has 1 rings (SSSR count). The van der Waals surface area contributed by atoms with Crippen LogP contribution in [0.3, 0.4) is 0 Å². The summed E-state index contributed by atoms with van der Waals surface area (Å²) in [7, 11) is 0. The highest BCUT2D eigenvalue weighted by Crippen LogP contribution is 2.09. The molecule has 3 heteroatoms. The molecular formula is C9H12N2O. The van der Waals surface area contributed by atoms with Crippen LogP contribution in [0.1, 0.15) is 12.5 Å². The zero-order valence-electron chi connectivity index (χ0n) is 6.96. The average molecular weight is 164 g/mol. The molecule has 0 saturated heterocycles. The van der Waals surface area contributed by atoms with E-state index in [1.165, 1.54) is 0 Å². The van der Waals surface area contributed by atoms with E-state index in [4.69, 9.17) is 10.5 Å². The molecule has 0 fully saturated rings. The Kier molecular flexibility index (Phi) is 2.82. The molecular weight excluding hydrogens is 152 g/mol. The molecule has 12 heavy (non-hydrogen) atoms. The largest absolute Gasteiger partial charge is 0.392 e. The molecule has 1 aromatic carbocycles. The van der Waals surface area contributed by atoms with Crippen LogP contribution in [0.15, 0.2) is 24.3 Å². The molecule has 1 aromatic rings. The van der Waals surface area contributed by atoms with E-state index in [0.717, 1.165) is 11.3 Å². The van der Waals surface area contributed by atoms with Crippen LogP contribution in [-0.2, 0) is 6.61 Å². The fourth-order valence-electron chi connectivity index (χ4n) is 0.964. The van der Waals surface area contributed by atoms with Gasteiger partial charge in [-0.2, -0.15) is 0 Å². The number of amidine groups is 1. The first kappa shape index (κ1) is 8.74. The number of aliphatic hydroxyl groups is 1. The molecule has 0 aliphatic carbocycles. The number of rotatable bonds is 2. The van der Waals surface area contributed by atoms with E-state index in [1.54, 1.807) is 6.92 Å². The van der Waals surface area contributed by atoms with Crippen molar-refractivity contribution >= 4 is 11.5 Å². The summed E-state index contributed by atoms with van der Waals surface area (Å²) in [5, 5.41) is 18.9. The van der Waals surface area contributed by atoms with Crippen LogP contribution in [0.4, 0.5) is 5.69 Å². The van der Waals surface area contributed by atoms with Crippen LogP contribution < -0.4 is 5.32 Å². The molecule has 0 aliphatic heterocycles. The van der Waals surface area contributed by atoms with Gasteiger partial charge in [-0.05, 0) is 24.6 Å². The van der Waals surface area contributed by atoms with Crippen LogP contribution >= 0.6 is 0 Å². The van der Waals surface area contributed by atoms with Crippen LogP contribution in [0, 0.1) is 5.41 Å². The summed E-state index contributed by atoms with van der Waals surface area (Å²) in [4.78, 5) is 0. The van der Waals surface area contributed by atoms with Gasteiger partial charge in [0, 0.05) is 5.69 Å². The third kappa shape index (κ3) is 2.36. The number of aliphatic hydroxyl groups excluding tert-OH is 1. The Morgan fingerprint density at radius 2 is 2.33 bits per heavy atom. The summed E-state index contributed by atoms with van der Waals surface area (Å²) in [5.74, 6) is 0.394. The van der Waals surface area contributed by atoms with Crippen molar-refractivity contribution in [2.75, 3.05) is 5.32 Å². The summed E-state index contributed by atoms with van der Waals surface area (Å²) in [6.45, 7) is 1.71. The second-order valence-corrected chi connectivity index (χ2v) is 2.61. The predicted octanol–water partition coefficient (Wildman–Crippen LogP) is 1.59. The normalized spacial score (nSPS) is 9.50. The highest BCUT2D eigenvalue weighted by atomic mass is 16.3. The Balaban J connectivity index is 2.79. The van der Waals surface area contributed by atoms with E-state index in [2.05, 4.69) is 5.32 Å². The number of nitrogens with one attached hydrogen (secondary N) is 2. The molecule has 0 radical (unpaired) electrons. The van der Waals surface area contributed by atoms with E-state index in [0.29, 0.717) is 5.84 Å². The minimum Gasteiger partial charge on any atom is -0.392 e. The topological polar surface area (TPSA) is 56.1 Å². The van der Waals surface area contributed by atoms with Gasteiger partial charge in [0.1, 0.15) is 0 Å². The molecule has 3 nitrogen and oxygen atoms in total. The first-order valence-corrected chi connectivity index (χ1v) is 3.74. The Bertz CT molecular complexity index is 284. The van der Waals surface area contributed by atoms with Crippen molar-refractivity contribution in [3.8, 4) is 0 Å². The van der Waals surface area contributed by atoms with Crippen LogP contribution in [0.5, 0.6) is 0 Å². The van der Waals surface area contributed by atoms with Crippen molar-refractivity contribution in [2.45, 2.75) is 13.5 Å². The second kappa shape index (κ2) is 3.88. The van der Waals surface area contributed by atoms with Gasteiger partial charge in [0.25, 0.3) is 0 Å². The fraction of sp³-hybridized carbons (Fsp3) is 0.222. The Morgan fingerprint density at radius 3 is 2.92 bits per heavy atom. The molecule has 0 heterocycles. The summed E-state index contributed by atoms with van der Waals surface area (Å²) in [6.07, 6.45) is 0. The lowest BCUT2D eigenvalue weighted by molar-refractivity contribution is 0.282. The Morgan fingerprint density at radius 1 is 1.58 bits per heavy atom. The van der Waals surface area contributed by atoms with E-state index in [-0.39, 0.29) is 6.61 Å². The average Bonchev–Trinajstić information content (AvgIpc) is 2.03. The number of anilines is 1. The van der Waals surface area contributed by atoms with Crippen molar-refractivity contribution in [1.29, 1.82) is 5.41 Å². The summed E-state index contributed by atoms with van der Waals surface area (Å²) in [5.41, 5.74) is 1.69. The molecule has 0 amide bonds. The van der Waals surface area contributed by atoms with Gasteiger partial charge >= 0.3 is 0 Å². The molecule has 0 atom stereocenters. The van der Waals surface area contributed by atoms with Gasteiger partial charge < -0.3 is 10.4 Å². The maximum atomic E-state index is 8.81. The van der Waals surface area contributed by atoms with Crippen molar-refractivity contribution < 1.29 is 5.11 Å². The highest BCUT2D eigenvalue weighted by Gasteiger charge is 1.93. The van der Waals surface area contributed by atoms with Gasteiger partial charge in [-0.3, -0.25) is 5.41 Å². The summed E-state index contributed by atoms with van der Waals surface area (Å²) < 4.78 is 0. The van der Waals surface area contributed by atoms with Crippen molar-refractivity contribution in [1.82, 2.24) is 0 Å². The molecule has 3 N–H and O–H groups in total. The molecule has 0 spiro atoms. The van der Waals surface area contributed by atoms with Gasteiger partial charge in [0.15, 0.2) is 0 Å². The summed E-state index contributed by atoms with van der Waals surface area (Å²) in [6, 6.07) is 7.36. The second-order valence-electron chi connectivity index (χ2n) is 2.61. The number of hydrogen-bond donors (Lipinski definition) is 3. The Labute approximate surface area is 71.6 Å². The van der Waals surface area contributed by atoms with Crippen LogP contribution in [0.25, 0.3) is 0 Å². The van der Waals surface area contributed by atoms with Crippen molar-refractivity contribution in [3.05, 3.63) is 29.8 Å². The van der Waals surface area contributed by atoms with Gasteiger partial charge in [-0.15, -0.1) is 0 Å². The minimum atomic E-state index is 0.0343. The van der Waals surface area contributed by atoms with E-state index in [1.807, 2.05) is 24.3 Å². The zero-order chi connectivity index (χ0) is 8.97. The van der Waals surface area contributed by atoms with E-state index in [9.17, 15) is 0 Å². The van der Waals surface area contributed by atoms with E-state index >= 15 is 0 Å². The quantitative estimate of drug-likeness (QED) is 0.459. The molecule has 0 unspecified atom stereocenters. The van der Waals surface area contributed by atoms with Gasteiger partial charge in [-0.1, -0.05) is 12.1 Å². The van der Waals surface area contributed by atoms with Crippen molar-refractivity contribution in [3.63, 3.8) is 0 Å². The lowest BCUT2D eigenvalue weighted by Crippen LogP contribution is -2.04.